The number of hydrogen-bond donors (Lipinski definition) is 1. The van der Waals surface area contributed by atoms with E-state index in [2.05, 4.69) is 22.9 Å². The highest BCUT2D eigenvalue weighted by molar-refractivity contribution is 7.17. The molecule has 5 nitrogen and oxygen atoms in total. The minimum atomic E-state index is 0.328. The smallest absolute Gasteiger partial charge is 0.131 e. The Bertz CT molecular complexity index is 499. The lowest BCUT2D eigenvalue weighted by molar-refractivity contribution is 0.313. The monoisotopic (exact) mass is 247 g/mol. The zero-order valence-electron chi connectivity index (χ0n) is 9.60. The van der Waals surface area contributed by atoms with Gasteiger partial charge < -0.3 is 15.5 Å². The summed E-state index contributed by atoms with van der Waals surface area (Å²) >= 11 is 1.32. The van der Waals surface area contributed by atoms with Crippen LogP contribution in [0.3, 0.4) is 0 Å². The van der Waals surface area contributed by atoms with E-state index >= 15 is 0 Å². The van der Waals surface area contributed by atoms with Crippen LogP contribution in [0, 0.1) is 22.7 Å². The molecular weight excluding hydrogens is 234 g/mol. The standard InChI is InChI=1S/C11H13N5S/c1-15-2-4-16(5-3-15)11-8(6-12)10(14)9(7-13)17-11/h2-5,14H2,1H3. The SMILES string of the molecule is CN1CCN(c2sc(C#N)c(N)c2C#N)CC1. The molecule has 6 heteroatoms. The fraction of sp³-hybridized carbons (Fsp3) is 0.455. The molecule has 1 fully saturated rings. The van der Waals surface area contributed by atoms with E-state index < -0.39 is 0 Å². The van der Waals surface area contributed by atoms with Crippen molar-refractivity contribution in [2.45, 2.75) is 0 Å². The van der Waals surface area contributed by atoms with Crippen LogP contribution in [0.25, 0.3) is 0 Å². The average Bonchev–Trinajstić information content (AvgIpc) is 2.66. The van der Waals surface area contributed by atoms with Crippen molar-refractivity contribution in [3.63, 3.8) is 0 Å². The summed E-state index contributed by atoms with van der Waals surface area (Å²) in [5, 5.41) is 18.9. The summed E-state index contributed by atoms with van der Waals surface area (Å²) in [5.74, 6) is 0. The summed E-state index contributed by atoms with van der Waals surface area (Å²) in [4.78, 5) is 4.82. The van der Waals surface area contributed by atoms with E-state index in [1.165, 1.54) is 11.3 Å². The van der Waals surface area contributed by atoms with Crippen LogP contribution in [0.4, 0.5) is 10.7 Å². The van der Waals surface area contributed by atoms with Crippen molar-refractivity contribution in [1.29, 1.82) is 10.5 Å². The first-order chi connectivity index (χ1) is 8.17. The Morgan fingerprint density at radius 2 is 1.82 bits per heavy atom. The molecule has 1 aliphatic heterocycles. The number of likely N-dealkylation sites (N-methyl/N-ethyl adjacent to an activating group) is 1. The highest BCUT2D eigenvalue weighted by Gasteiger charge is 2.23. The highest BCUT2D eigenvalue weighted by atomic mass is 32.1. The number of hydrogen-bond acceptors (Lipinski definition) is 6. The van der Waals surface area contributed by atoms with E-state index in [1.807, 2.05) is 6.07 Å². The van der Waals surface area contributed by atoms with Gasteiger partial charge in [0.05, 0.1) is 5.69 Å². The largest absolute Gasteiger partial charge is 0.396 e. The van der Waals surface area contributed by atoms with Gasteiger partial charge in [-0.15, -0.1) is 11.3 Å². The Morgan fingerprint density at radius 3 is 2.35 bits per heavy atom. The van der Waals surface area contributed by atoms with Crippen LogP contribution < -0.4 is 10.6 Å². The van der Waals surface area contributed by atoms with Crippen LogP contribution in [-0.4, -0.2) is 38.1 Å². The third-order valence-electron chi connectivity index (χ3n) is 2.93. The maximum Gasteiger partial charge on any atom is 0.131 e. The first kappa shape index (κ1) is 11.7. The molecule has 0 radical (unpaired) electrons. The number of nitrogens with two attached hydrogens (primary N) is 1. The van der Waals surface area contributed by atoms with Gasteiger partial charge in [0, 0.05) is 26.2 Å². The number of piperazine rings is 1. The molecule has 88 valence electrons. The van der Waals surface area contributed by atoms with Crippen molar-refractivity contribution in [2.24, 2.45) is 0 Å². The Hall–Kier alpha value is -1.76. The van der Waals surface area contributed by atoms with E-state index in [1.54, 1.807) is 0 Å². The lowest BCUT2D eigenvalue weighted by atomic mass is 10.2. The average molecular weight is 247 g/mol. The predicted molar refractivity (Wildman–Crippen MR) is 67.9 cm³/mol. The molecule has 1 saturated heterocycles. The quantitative estimate of drug-likeness (QED) is 0.795. The first-order valence-electron chi connectivity index (χ1n) is 5.33. The van der Waals surface area contributed by atoms with Crippen LogP contribution in [-0.2, 0) is 0 Å². The summed E-state index contributed by atoms with van der Waals surface area (Å²) in [6.07, 6.45) is 0. The minimum Gasteiger partial charge on any atom is -0.396 e. The van der Waals surface area contributed by atoms with E-state index in [0.29, 0.717) is 16.1 Å². The third-order valence-corrected chi connectivity index (χ3v) is 4.10. The zero-order valence-corrected chi connectivity index (χ0v) is 10.4. The lowest BCUT2D eigenvalue weighted by Gasteiger charge is -2.33. The Balaban J connectivity index is 2.33. The normalized spacial score (nSPS) is 16.5. The summed E-state index contributed by atoms with van der Waals surface area (Å²) in [6, 6.07) is 4.15. The van der Waals surface area contributed by atoms with Gasteiger partial charge in [-0.2, -0.15) is 10.5 Å². The van der Waals surface area contributed by atoms with Crippen molar-refractivity contribution in [3.8, 4) is 12.1 Å². The van der Waals surface area contributed by atoms with Crippen molar-refractivity contribution < 1.29 is 0 Å². The second kappa shape index (κ2) is 4.62. The molecule has 0 aliphatic carbocycles. The van der Waals surface area contributed by atoms with Crippen LogP contribution in [0.15, 0.2) is 0 Å². The number of anilines is 2. The van der Waals surface area contributed by atoms with Gasteiger partial charge in [0.2, 0.25) is 0 Å². The molecular formula is C11H13N5S. The van der Waals surface area contributed by atoms with Crippen LogP contribution in [0.5, 0.6) is 0 Å². The van der Waals surface area contributed by atoms with Gasteiger partial charge in [-0.25, -0.2) is 0 Å². The van der Waals surface area contributed by atoms with E-state index in [9.17, 15) is 0 Å². The molecule has 2 heterocycles. The molecule has 2 N–H and O–H groups in total. The van der Waals surface area contributed by atoms with Gasteiger partial charge >= 0.3 is 0 Å². The molecule has 2 rings (SSSR count). The van der Waals surface area contributed by atoms with E-state index in [0.717, 1.165) is 31.2 Å². The second-order valence-corrected chi connectivity index (χ2v) is 5.04. The minimum absolute atomic E-state index is 0.328. The summed E-state index contributed by atoms with van der Waals surface area (Å²) in [5.41, 5.74) is 6.57. The number of nitrogen functional groups attached to an aromatic ring is 1. The molecule has 0 amide bonds. The Kier molecular flexibility index (Phi) is 3.19. The Labute approximate surface area is 104 Å². The van der Waals surface area contributed by atoms with Gasteiger partial charge in [0.25, 0.3) is 0 Å². The van der Waals surface area contributed by atoms with Gasteiger partial charge in [0.15, 0.2) is 0 Å². The molecule has 0 unspecified atom stereocenters. The number of nitriles is 2. The molecule has 1 aliphatic rings. The highest BCUT2D eigenvalue weighted by Crippen LogP contribution is 2.37. The number of nitrogens with zero attached hydrogens (tertiary/aromatic N) is 4. The van der Waals surface area contributed by atoms with Crippen LogP contribution in [0.2, 0.25) is 0 Å². The van der Waals surface area contributed by atoms with Gasteiger partial charge in [-0.3, -0.25) is 0 Å². The topological polar surface area (TPSA) is 80.1 Å². The Morgan fingerprint density at radius 1 is 1.18 bits per heavy atom. The van der Waals surface area contributed by atoms with Crippen LogP contribution >= 0.6 is 11.3 Å². The lowest BCUT2D eigenvalue weighted by Crippen LogP contribution is -2.44. The molecule has 0 atom stereocenters. The van der Waals surface area contributed by atoms with Crippen LogP contribution in [0.1, 0.15) is 10.4 Å². The van der Waals surface area contributed by atoms with Crippen molar-refractivity contribution in [3.05, 3.63) is 10.4 Å². The number of thiophene rings is 1. The molecule has 17 heavy (non-hydrogen) atoms. The van der Waals surface area contributed by atoms with E-state index in [-0.39, 0.29) is 0 Å². The fourth-order valence-electron chi connectivity index (χ4n) is 1.85. The van der Waals surface area contributed by atoms with Crippen molar-refractivity contribution >= 4 is 22.0 Å². The second-order valence-electron chi connectivity index (χ2n) is 4.04. The summed E-state index contributed by atoms with van der Waals surface area (Å²) in [7, 11) is 2.08. The first-order valence-corrected chi connectivity index (χ1v) is 6.15. The molecule has 0 bridgehead atoms. The maximum absolute atomic E-state index is 9.12. The zero-order chi connectivity index (χ0) is 12.4. The van der Waals surface area contributed by atoms with Gasteiger partial charge in [-0.05, 0) is 7.05 Å². The molecule has 1 aromatic rings. The molecule has 0 spiro atoms. The summed E-state index contributed by atoms with van der Waals surface area (Å²) < 4.78 is 0. The molecule has 0 aromatic carbocycles. The summed E-state index contributed by atoms with van der Waals surface area (Å²) in [6.45, 7) is 3.67. The van der Waals surface area contributed by atoms with Crippen molar-refractivity contribution in [1.82, 2.24) is 4.90 Å². The van der Waals surface area contributed by atoms with Crippen molar-refractivity contribution in [2.75, 3.05) is 43.9 Å². The van der Waals surface area contributed by atoms with Gasteiger partial charge in [0.1, 0.15) is 27.6 Å². The third kappa shape index (κ3) is 2.05. The fourth-order valence-corrected chi connectivity index (χ4v) is 2.88. The number of rotatable bonds is 1. The predicted octanol–water partition coefficient (Wildman–Crippen LogP) is 0.825. The van der Waals surface area contributed by atoms with E-state index in [4.69, 9.17) is 16.3 Å². The van der Waals surface area contributed by atoms with Gasteiger partial charge in [-0.1, -0.05) is 0 Å². The maximum atomic E-state index is 9.12. The molecule has 1 aromatic heterocycles. The molecule has 0 saturated carbocycles.